The molecule has 2 aliphatic heterocycles. The molecule has 0 bridgehead atoms. The van der Waals surface area contributed by atoms with Gasteiger partial charge >= 0.3 is 0 Å². The van der Waals surface area contributed by atoms with Crippen molar-refractivity contribution >= 4 is 22.4 Å². The van der Waals surface area contributed by atoms with Gasteiger partial charge in [-0.3, -0.25) is 9.80 Å². The molecule has 2 aliphatic rings. The molecule has 0 radical (unpaired) electrons. The lowest BCUT2D eigenvalue weighted by Gasteiger charge is -2.43. The van der Waals surface area contributed by atoms with Crippen molar-refractivity contribution < 1.29 is 13.7 Å². The number of hydrogen-bond acceptors (Lipinski definition) is 6. The Morgan fingerprint density at radius 2 is 1.93 bits per heavy atom. The number of nitrogens with one attached hydrogen (secondary N) is 1. The molecule has 2 fully saturated rings. The van der Waals surface area contributed by atoms with Crippen molar-refractivity contribution in [2.75, 3.05) is 31.2 Å². The molecule has 0 aliphatic carbocycles. The van der Waals surface area contributed by atoms with Crippen molar-refractivity contribution in [3.8, 4) is 0 Å². The fraction of sp³-hybridized carbons (Fsp3) is 0.391. The maximum Gasteiger partial charge on any atom is 0.175 e. The number of aromatic nitrogens is 1. The largest absolute Gasteiger partial charge is 0.356 e. The summed E-state index contributed by atoms with van der Waals surface area (Å²) >= 11 is 0. The highest BCUT2D eigenvalue weighted by Crippen LogP contribution is 2.35. The minimum Gasteiger partial charge on any atom is -0.356 e. The SMILES string of the molecule is O=C1CNN(c2ccccc2)C12CCN(CCCc1noc3cc(F)ccc13)CC2. The topological polar surface area (TPSA) is 61.6 Å². The third kappa shape index (κ3) is 3.38. The van der Waals surface area contributed by atoms with Gasteiger partial charge in [0.1, 0.15) is 11.4 Å². The molecule has 2 aromatic carbocycles. The van der Waals surface area contributed by atoms with Crippen molar-refractivity contribution in [1.82, 2.24) is 15.5 Å². The van der Waals surface area contributed by atoms with Gasteiger partial charge in [-0.1, -0.05) is 23.4 Å². The molecule has 7 heteroatoms. The average molecular weight is 408 g/mol. The van der Waals surface area contributed by atoms with Crippen LogP contribution in [0.4, 0.5) is 10.1 Å². The lowest BCUT2D eigenvalue weighted by molar-refractivity contribution is -0.122. The summed E-state index contributed by atoms with van der Waals surface area (Å²) in [4.78, 5) is 15.2. The van der Waals surface area contributed by atoms with Crippen LogP contribution < -0.4 is 10.4 Å². The van der Waals surface area contributed by atoms with E-state index in [0.29, 0.717) is 12.1 Å². The fourth-order valence-corrected chi connectivity index (χ4v) is 4.77. The molecule has 1 aromatic heterocycles. The Hall–Kier alpha value is -2.77. The molecular formula is C23H25FN4O2. The number of likely N-dealkylation sites (tertiary alicyclic amines) is 1. The van der Waals surface area contributed by atoms with Crippen LogP contribution in [0.2, 0.25) is 0 Å². The van der Waals surface area contributed by atoms with Gasteiger partial charge in [0.25, 0.3) is 0 Å². The van der Waals surface area contributed by atoms with E-state index in [9.17, 15) is 9.18 Å². The summed E-state index contributed by atoms with van der Waals surface area (Å²) in [5.41, 5.74) is 5.28. The maximum atomic E-state index is 13.3. The number of nitrogens with zero attached hydrogens (tertiary/aromatic N) is 3. The standard InChI is InChI=1S/C23H25FN4O2/c24-17-8-9-19-20(26-30-21(19)15-17)7-4-12-27-13-10-23(11-14-27)22(29)16-25-28(23)18-5-2-1-3-6-18/h1-3,5-6,8-9,15,25H,4,7,10-14,16H2. The quantitative estimate of drug-likeness (QED) is 0.699. The van der Waals surface area contributed by atoms with E-state index in [-0.39, 0.29) is 11.6 Å². The molecule has 5 rings (SSSR count). The van der Waals surface area contributed by atoms with Gasteiger partial charge in [-0.05, 0) is 56.5 Å². The number of Topliss-reactive ketones (excluding diaryl/α,β-unsaturated/α-hetero) is 1. The summed E-state index contributed by atoms with van der Waals surface area (Å²) < 4.78 is 18.6. The summed E-state index contributed by atoms with van der Waals surface area (Å²) in [7, 11) is 0. The monoisotopic (exact) mass is 408 g/mol. The number of rotatable bonds is 5. The van der Waals surface area contributed by atoms with Gasteiger partial charge in [-0.15, -0.1) is 0 Å². The molecule has 1 spiro atoms. The highest BCUT2D eigenvalue weighted by molar-refractivity contribution is 5.96. The number of piperidine rings is 1. The number of ketones is 1. The van der Waals surface area contributed by atoms with Gasteiger partial charge in [0.2, 0.25) is 0 Å². The molecule has 2 saturated heterocycles. The Morgan fingerprint density at radius 1 is 1.13 bits per heavy atom. The molecule has 0 unspecified atom stereocenters. The zero-order chi connectivity index (χ0) is 20.6. The number of carbonyl (C=O) groups excluding carboxylic acids is 1. The van der Waals surface area contributed by atoms with E-state index in [2.05, 4.69) is 20.5 Å². The van der Waals surface area contributed by atoms with Crippen molar-refractivity contribution in [2.24, 2.45) is 0 Å². The van der Waals surface area contributed by atoms with Gasteiger partial charge in [-0.2, -0.15) is 0 Å². The normalized spacial score (nSPS) is 19.2. The molecule has 156 valence electrons. The van der Waals surface area contributed by atoms with E-state index in [1.807, 2.05) is 30.3 Å². The summed E-state index contributed by atoms with van der Waals surface area (Å²) in [6.45, 7) is 3.12. The molecule has 0 atom stereocenters. The highest BCUT2D eigenvalue weighted by Gasteiger charge is 2.50. The van der Waals surface area contributed by atoms with Crippen LogP contribution in [0.5, 0.6) is 0 Å². The Kier molecular flexibility index (Phi) is 5.00. The first kappa shape index (κ1) is 19.2. The van der Waals surface area contributed by atoms with E-state index >= 15 is 0 Å². The number of para-hydroxylation sites is 1. The molecule has 0 amide bonds. The van der Waals surface area contributed by atoms with Crippen LogP contribution in [-0.4, -0.2) is 47.6 Å². The first-order valence-corrected chi connectivity index (χ1v) is 10.5. The number of carbonyl (C=O) groups is 1. The third-order valence-corrected chi connectivity index (χ3v) is 6.44. The minimum absolute atomic E-state index is 0.285. The summed E-state index contributed by atoms with van der Waals surface area (Å²) in [5.74, 6) is -0.0276. The lowest BCUT2D eigenvalue weighted by Crippen LogP contribution is -2.57. The Labute approximate surface area is 174 Å². The number of benzene rings is 2. The Morgan fingerprint density at radius 3 is 2.73 bits per heavy atom. The van der Waals surface area contributed by atoms with Crippen LogP contribution in [0.1, 0.15) is 25.0 Å². The van der Waals surface area contributed by atoms with Crippen LogP contribution in [0, 0.1) is 5.82 Å². The zero-order valence-electron chi connectivity index (χ0n) is 16.8. The first-order chi connectivity index (χ1) is 14.7. The van der Waals surface area contributed by atoms with Crippen molar-refractivity contribution in [1.29, 1.82) is 0 Å². The van der Waals surface area contributed by atoms with Crippen LogP contribution in [-0.2, 0) is 11.2 Å². The number of hydrazine groups is 1. The highest BCUT2D eigenvalue weighted by atomic mass is 19.1. The smallest absolute Gasteiger partial charge is 0.175 e. The van der Waals surface area contributed by atoms with Crippen molar-refractivity contribution in [3.05, 3.63) is 60.0 Å². The number of fused-ring (bicyclic) bond motifs is 1. The second-order valence-electron chi connectivity index (χ2n) is 8.18. The zero-order valence-corrected chi connectivity index (χ0v) is 16.8. The lowest BCUT2D eigenvalue weighted by atomic mass is 9.83. The number of hydrogen-bond donors (Lipinski definition) is 1. The van der Waals surface area contributed by atoms with E-state index < -0.39 is 5.54 Å². The number of anilines is 1. The molecule has 0 saturated carbocycles. The summed E-state index contributed by atoms with van der Waals surface area (Å²) in [6.07, 6.45) is 3.37. The van der Waals surface area contributed by atoms with Gasteiger partial charge in [0.15, 0.2) is 11.4 Å². The van der Waals surface area contributed by atoms with Gasteiger partial charge < -0.3 is 9.42 Å². The van der Waals surface area contributed by atoms with Crippen molar-refractivity contribution in [2.45, 2.75) is 31.2 Å². The predicted octanol–water partition coefficient (Wildman–Crippen LogP) is 3.33. The van der Waals surface area contributed by atoms with Crippen LogP contribution in [0.15, 0.2) is 53.1 Å². The second-order valence-corrected chi connectivity index (χ2v) is 8.18. The van der Waals surface area contributed by atoms with Gasteiger partial charge in [0.05, 0.1) is 17.9 Å². The van der Waals surface area contributed by atoms with Crippen LogP contribution in [0.25, 0.3) is 11.0 Å². The van der Waals surface area contributed by atoms with E-state index in [1.54, 1.807) is 6.07 Å². The molecular weight excluding hydrogens is 383 g/mol. The Bertz CT molecular complexity index is 1040. The number of aryl methyl sites for hydroxylation is 1. The molecule has 6 nitrogen and oxygen atoms in total. The Balaban J connectivity index is 1.19. The van der Waals surface area contributed by atoms with Gasteiger partial charge in [0, 0.05) is 24.5 Å². The van der Waals surface area contributed by atoms with Gasteiger partial charge in [-0.25, -0.2) is 9.82 Å². The fourth-order valence-electron chi connectivity index (χ4n) is 4.77. The third-order valence-electron chi connectivity index (χ3n) is 6.44. The van der Waals surface area contributed by atoms with Crippen LogP contribution in [0.3, 0.4) is 0 Å². The molecule has 3 heterocycles. The first-order valence-electron chi connectivity index (χ1n) is 10.5. The van der Waals surface area contributed by atoms with Crippen molar-refractivity contribution in [3.63, 3.8) is 0 Å². The maximum absolute atomic E-state index is 13.3. The number of halogens is 1. The predicted molar refractivity (Wildman–Crippen MR) is 113 cm³/mol. The molecule has 1 N–H and O–H groups in total. The average Bonchev–Trinajstić information content (AvgIpc) is 3.31. The minimum atomic E-state index is -0.440. The van der Waals surface area contributed by atoms with E-state index in [4.69, 9.17) is 4.52 Å². The van der Waals surface area contributed by atoms with E-state index in [1.165, 1.54) is 12.1 Å². The van der Waals surface area contributed by atoms with Crippen LogP contribution >= 0.6 is 0 Å². The summed E-state index contributed by atoms with van der Waals surface area (Å²) in [5, 5.41) is 7.09. The molecule has 30 heavy (non-hydrogen) atoms. The summed E-state index contributed by atoms with van der Waals surface area (Å²) in [6, 6.07) is 14.7. The second kappa shape index (κ2) is 7.81. The molecule has 3 aromatic rings. The van der Waals surface area contributed by atoms with E-state index in [0.717, 1.165) is 62.1 Å².